The van der Waals surface area contributed by atoms with Gasteiger partial charge in [-0.15, -0.1) is 0 Å². The Morgan fingerprint density at radius 2 is 0.467 bits per heavy atom. The largest absolute Gasteiger partial charge is 0.466 e. The molecule has 0 spiro atoms. The third kappa shape index (κ3) is 55.0. The molecule has 356 valence electrons. The maximum absolute atomic E-state index is 12.0. The molecule has 0 amide bonds. The summed E-state index contributed by atoms with van der Waals surface area (Å²) in [6.07, 6.45) is 78.0. The summed E-state index contributed by atoms with van der Waals surface area (Å²) in [7, 11) is 0. The van der Waals surface area contributed by atoms with Gasteiger partial charge in [-0.3, -0.25) is 4.79 Å². The lowest BCUT2D eigenvalue weighted by Crippen LogP contribution is -2.05. The fourth-order valence-corrected chi connectivity index (χ4v) is 8.84. The van der Waals surface area contributed by atoms with Gasteiger partial charge in [0, 0.05) is 6.42 Å². The molecule has 0 aromatic carbocycles. The minimum atomic E-state index is 0.0256. The Morgan fingerprint density at radius 1 is 0.267 bits per heavy atom. The van der Waals surface area contributed by atoms with E-state index in [0.717, 1.165) is 12.8 Å². The van der Waals surface area contributed by atoms with E-state index in [0.29, 0.717) is 13.0 Å². The Balaban J connectivity index is 3.17. The molecule has 0 aromatic rings. The van der Waals surface area contributed by atoms with Gasteiger partial charge in [-0.1, -0.05) is 289 Å². The van der Waals surface area contributed by atoms with Gasteiger partial charge in [0.05, 0.1) is 6.61 Å². The zero-order chi connectivity index (χ0) is 43.2. The summed E-state index contributed by atoms with van der Waals surface area (Å²) in [6.45, 7) is 5.21. The van der Waals surface area contributed by atoms with Crippen molar-refractivity contribution in [3.63, 3.8) is 0 Å². The van der Waals surface area contributed by atoms with Crippen molar-refractivity contribution in [2.45, 2.75) is 335 Å². The first-order valence-electron chi connectivity index (χ1n) is 28.3. The lowest BCUT2D eigenvalue weighted by molar-refractivity contribution is -0.143. The molecule has 0 unspecified atom stereocenters. The average Bonchev–Trinajstić information content (AvgIpc) is 3.25. The number of hydrogen-bond acceptors (Lipinski definition) is 2. The molecule has 0 N–H and O–H groups in total. The second-order valence-corrected chi connectivity index (χ2v) is 19.3. The first-order valence-corrected chi connectivity index (χ1v) is 28.3. The SMILES string of the molecule is CCCCCCCC/C=C\CCCCCCCCCCCCCCCCCCCC/C=C\CCCCCCCCCCCCOC(=O)CCCCCCCCCCCCC. The normalized spacial score (nSPS) is 11.8. The first kappa shape index (κ1) is 58.9. The van der Waals surface area contributed by atoms with Crippen LogP contribution in [0.2, 0.25) is 0 Å². The second kappa shape index (κ2) is 56.0. The van der Waals surface area contributed by atoms with Gasteiger partial charge in [0.25, 0.3) is 0 Å². The third-order valence-corrected chi connectivity index (χ3v) is 13.1. The van der Waals surface area contributed by atoms with Crippen LogP contribution >= 0.6 is 0 Å². The van der Waals surface area contributed by atoms with E-state index < -0.39 is 0 Å². The summed E-state index contributed by atoms with van der Waals surface area (Å²) in [4.78, 5) is 12.0. The van der Waals surface area contributed by atoms with E-state index in [1.54, 1.807) is 0 Å². The Bertz CT molecular complexity index is 829. The van der Waals surface area contributed by atoms with Crippen LogP contribution in [0.5, 0.6) is 0 Å². The number of allylic oxidation sites excluding steroid dienone is 4. The van der Waals surface area contributed by atoms with Crippen molar-refractivity contribution >= 4 is 5.97 Å². The van der Waals surface area contributed by atoms with Gasteiger partial charge in [0.15, 0.2) is 0 Å². The Hall–Kier alpha value is -1.05. The molecule has 0 saturated heterocycles. The summed E-state index contributed by atoms with van der Waals surface area (Å²) in [5.41, 5.74) is 0. The number of rotatable bonds is 53. The Morgan fingerprint density at radius 3 is 0.717 bits per heavy atom. The summed E-state index contributed by atoms with van der Waals surface area (Å²) >= 11 is 0. The van der Waals surface area contributed by atoms with Crippen LogP contribution < -0.4 is 0 Å². The van der Waals surface area contributed by atoms with Crippen molar-refractivity contribution < 1.29 is 9.53 Å². The van der Waals surface area contributed by atoms with Crippen molar-refractivity contribution in [3.8, 4) is 0 Å². The Kier molecular flexibility index (Phi) is 55.0. The zero-order valence-electron chi connectivity index (χ0n) is 41.7. The molecule has 0 atom stereocenters. The van der Waals surface area contributed by atoms with Crippen LogP contribution in [-0.4, -0.2) is 12.6 Å². The highest BCUT2D eigenvalue weighted by atomic mass is 16.5. The van der Waals surface area contributed by atoms with Crippen LogP contribution in [0.4, 0.5) is 0 Å². The van der Waals surface area contributed by atoms with Crippen molar-refractivity contribution in [3.05, 3.63) is 24.3 Å². The number of unbranched alkanes of at least 4 members (excludes halogenated alkanes) is 45. The topological polar surface area (TPSA) is 26.3 Å². The zero-order valence-corrected chi connectivity index (χ0v) is 41.7. The van der Waals surface area contributed by atoms with Crippen LogP contribution in [0.1, 0.15) is 335 Å². The fourth-order valence-electron chi connectivity index (χ4n) is 8.84. The molecule has 2 nitrogen and oxygen atoms in total. The smallest absolute Gasteiger partial charge is 0.305 e. The Labute approximate surface area is 379 Å². The van der Waals surface area contributed by atoms with E-state index in [4.69, 9.17) is 4.74 Å². The molecule has 0 aliphatic carbocycles. The first-order chi connectivity index (χ1) is 29.8. The average molecular weight is 842 g/mol. The summed E-state index contributed by atoms with van der Waals surface area (Å²) in [5.74, 6) is 0.0256. The van der Waals surface area contributed by atoms with E-state index >= 15 is 0 Å². The van der Waals surface area contributed by atoms with Gasteiger partial charge < -0.3 is 4.74 Å². The second-order valence-electron chi connectivity index (χ2n) is 19.3. The molecule has 2 heteroatoms. The highest BCUT2D eigenvalue weighted by molar-refractivity contribution is 5.69. The molecule has 0 heterocycles. The number of hydrogen-bond donors (Lipinski definition) is 0. The van der Waals surface area contributed by atoms with Crippen molar-refractivity contribution in [2.75, 3.05) is 6.61 Å². The van der Waals surface area contributed by atoms with Gasteiger partial charge in [0.1, 0.15) is 0 Å². The lowest BCUT2D eigenvalue weighted by Gasteiger charge is -2.06. The molecule has 0 aliphatic rings. The van der Waals surface area contributed by atoms with Gasteiger partial charge >= 0.3 is 5.97 Å². The monoisotopic (exact) mass is 841 g/mol. The quantitative estimate of drug-likeness (QED) is 0.0346. The summed E-state index contributed by atoms with van der Waals surface area (Å²) in [6, 6.07) is 0. The predicted molar refractivity (Wildman–Crippen MR) is 271 cm³/mol. The van der Waals surface area contributed by atoms with Crippen LogP contribution in [0.15, 0.2) is 24.3 Å². The van der Waals surface area contributed by atoms with Gasteiger partial charge in [0.2, 0.25) is 0 Å². The summed E-state index contributed by atoms with van der Waals surface area (Å²) in [5, 5.41) is 0. The van der Waals surface area contributed by atoms with Crippen LogP contribution in [0.25, 0.3) is 0 Å². The molecule has 0 rings (SSSR count). The van der Waals surface area contributed by atoms with Gasteiger partial charge in [-0.25, -0.2) is 0 Å². The minimum absolute atomic E-state index is 0.0256. The van der Waals surface area contributed by atoms with Gasteiger partial charge in [-0.05, 0) is 64.2 Å². The highest BCUT2D eigenvalue weighted by Crippen LogP contribution is 2.17. The van der Waals surface area contributed by atoms with E-state index in [1.165, 1.54) is 302 Å². The number of esters is 1. The van der Waals surface area contributed by atoms with Crippen molar-refractivity contribution in [2.24, 2.45) is 0 Å². The van der Waals surface area contributed by atoms with E-state index in [2.05, 4.69) is 38.2 Å². The molecule has 0 aromatic heterocycles. The lowest BCUT2D eigenvalue weighted by atomic mass is 10.0. The van der Waals surface area contributed by atoms with Crippen LogP contribution in [-0.2, 0) is 9.53 Å². The number of carbonyl (C=O) groups excluding carboxylic acids is 1. The molecule has 0 aliphatic heterocycles. The maximum atomic E-state index is 12.0. The molecule has 0 fully saturated rings. The van der Waals surface area contributed by atoms with Crippen LogP contribution in [0, 0.1) is 0 Å². The van der Waals surface area contributed by atoms with Crippen molar-refractivity contribution in [1.82, 2.24) is 0 Å². The third-order valence-electron chi connectivity index (χ3n) is 13.1. The predicted octanol–water partition coefficient (Wildman–Crippen LogP) is 21.2. The van der Waals surface area contributed by atoms with E-state index in [9.17, 15) is 4.79 Å². The maximum Gasteiger partial charge on any atom is 0.305 e. The standard InChI is InChI=1S/C58H112O2/c1-3-5-7-9-11-13-15-16-17-18-19-20-21-22-23-24-25-26-27-28-29-30-31-32-33-34-35-36-37-38-39-40-41-42-43-44-45-47-49-51-53-55-57-60-58(59)56-54-52-50-48-46-14-12-10-8-6-4-2/h16-17,38-39H,3-15,18-37,40-57H2,1-2H3/b17-16-,39-38-. The molecular formula is C58H112O2. The molecule has 0 radical (unpaired) electrons. The number of carbonyl (C=O) groups is 1. The van der Waals surface area contributed by atoms with E-state index in [1.807, 2.05) is 0 Å². The van der Waals surface area contributed by atoms with E-state index in [-0.39, 0.29) is 5.97 Å². The molecule has 60 heavy (non-hydrogen) atoms. The van der Waals surface area contributed by atoms with Crippen LogP contribution in [0.3, 0.4) is 0 Å². The summed E-state index contributed by atoms with van der Waals surface area (Å²) < 4.78 is 5.47. The number of ether oxygens (including phenoxy) is 1. The molecule has 0 saturated carbocycles. The fraction of sp³-hybridized carbons (Fsp3) is 0.914. The minimum Gasteiger partial charge on any atom is -0.466 e. The molecular weight excluding hydrogens is 729 g/mol. The van der Waals surface area contributed by atoms with Gasteiger partial charge in [-0.2, -0.15) is 0 Å². The molecule has 0 bridgehead atoms. The highest BCUT2D eigenvalue weighted by Gasteiger charge is 2.03. The van der Waals surface area contributed by atoms with Crippen molar-refractivity contribution in [1.29, 1.82) is 0 Å².